The minimum absolute atomic E-state index is 0.205. The SMILES string of the molecule is CC(C)n1ccc(NC(=O)c2nn(C)cc2N)n1. The molecule has 0 aliphatic heterocycles. The molecule has 0 bridgehead atoms. The second-order valence-corrected chi connectivity index (χ2v) is 4.34. The quantitative estimate of drug-likeness (QED) is 0.848. The van der Waals surface area contributed by atoms with Gasteiger partial charge in [0.05, 0.1) is 5.69 Å². The van der Waals surface area contributed by atoms with E-state index in [0.717, 1.165) is 0 Å². The number of amides is 1. The molecule has 18 heavy (non-hydrogen) atoms. The number of aromatic nitrogens is 4. The first-order valence-corrected chi connectivity index (χ1v) is 5.63. The van der Waals surface area contributed by atoms with Gasteiger partial charge in [-0.3, -0.25) is 14.2 Å². The Kier molecular flexibility index (Phi) is 3.05. The van der Waals surface area contributed by atoms with Crippen LogP contribution in [-0.2, 0) is 7.05 Å². The van der Waals surface area contributed by atoms with Crippen LogP contribution >= 0.6 is 0 Å². The van der Waals surface area contributed by atoms with E-state index in [9.17, 15) is 4.79 Å². The summed E-state index contributed by atoms with van der Waals surface area (Å²) in [5.41, 5.74) is 6.23. The molecule has 0 spiro atoms. The van der Waals surface area contributed by atoms with Crippen LogP contribution in [-0.4, -0.2) is 25.5 Å². The van der Waals surface area contributed by atoms with Crippen molar-refractivity contribution < 1.29 is 4.79 Å². The molecule has 2 heterocycles. The number of rotatable bonds is 3. The lowest BCUT2D eigenvalue weighted by atomic mass is 10.3. The van der Waals surface area contributed by atoms with Crippen molar-refractivity contribution in [2.24, 2.45) is 7.05 Å². The van der Waals surface area contributed by atoms with E-state index in [0.29, 0.717) is 11.5 Å². The van der Waals surface area contributed by atoms with E-state index in [4.69, 9.17) is 5.73 Å². The number of hydrogen-bond acceptors (Lipinski definition) is 4. The summed E-state index contributed by atoms with van der Waals surface area (Å²) in [4.78, 5) is 11.9. The van der Waals surface area contributed by atoms with Crippen molar-refractivity contribution in [1.82, 2.24) is 19.6 Å². The van der Waals surface area contributed by atoms with Crippen LogP contribution in [0.3, 0.4) is 0 Å². The van der Waals surface area contributed by atoms with Gasteiger partial charge in [-0.25, -0.2) is 0 Å². The standard InChI is InChI=1S/C11H16N6O/c1-7(2)17-5-4-9(14-17)13-11(18)10-8(12)6-16(3)15-10/h4-7H,12H2,1-3H3,(H,13,14,18). The number of nitrogens with two attached hydrogens (primary N) is 1. The number of carbonyl (C=O) groups is 1. The van der Waals surface area contributed by atoms with E-state index >= 15 is 0 Å². The van der Waals surface area contributed by atoms with Crippen LogP contribution in [0.1, 0.15) is 30.4 Å². The van der Waals surface area contributed by atoms with Crippen molar-refractivity contribution >= 4 is 17.4 Å². The number of aryl methyl sites for hydroxylation is 1. The topological polar surface area (TPSA) is 90.8 Å². The second kappa shape index (κ2) is 4.52. The predicted octanol–water partition coefficient (Wildman–Crippen LogP) is 1.03. The van der Waals surface area contributed by atoms with Crippen molar-refractivity contribution in [2.75, 3.05) is 11.1 Å². The summed E-state index contributed by atoms with van der Waals surface area (Å²) in [5.74, 6) is 0.126. The lowest BCUT2D eigenvalue weighted by Crippen LogP contribution is -2.15. The molecule has 0 aliphatic carbocycles. The summed E-state index contributed by atoms with van der Waals surface area (Å²) in [6.45, 7) is 4.02. The molecular weight excluding hydrogens is 232 g/mol. The zero-order valence-electron chi connectivity index (χ0n) is 10.6. The van der Waals surface area contributed by atoms with Gasteiger partial charge in [-0.05, 0) is 13.8 Å². The van der Waals surface area contributed by atoms with Gasteiger partial charge in [0.2, 0.25) is 0 Å². The molecule has 7 nitrogen and oxygen atoms in total. The first kappa shape index (κ1) is 12.2. The van der Waals surface area contributed by atoms with Gasteiger partial charge in [0.25, 0.3) is 5.91 Å². The first-order chi connectivity index (χ1) is 8.47. The van der Waals surface area contributed by atoms with Crippen LogP contribution in [0.4, 0.5) is 11.5 Å². The third-order valence-corrected chi connectivity index (χ3v) is 2.45. The van der Waals surface area contributed by atoms with E-state index in [1.165, 1.54) is 4.68 Å². The highest BCUT2D eigenvalue weighted by Gasteiger charge is 2.15. The third-order valence-electron chi connectivity index (χ3n) is 2.45. The fraction of sp³-hybridized carbons (Fsp3) is 0.364. The summed E-state index contributed by atoms with van der Waals surface area (Å²) in [5, 5.41) is 10.9. The molecule has 3 N–H and O–H groups in total. The highest BCUT2D eigenvalue weighted by atomic mass is 16.2. The Morgan fingerprint density at radius 1 is 1.44 bits per heavy atom. The number of nitrogens with one attached hydrogen (secondary N) is 1. The summed E-state index contributed by atoms with van der Waals surface area (Å²) >= 11 is 0. The molecule has 1 amide bonds. The molecule has 0 aliphatic rings. The third kappa shape index (κ3) is 2.34. The van der Waals surface area contributed by atoms with E-state index in [1.807, 2.05) is 20.0 Å². The molecule has 0 radical (unpaired) electrons. The van der Waals surface area contributed by atoms with Gasteiger partial charge in [0.15, 0.2) is 11.5 Å². The monoisotopic (exact) mass is 248 g/mol. The minimum Gasteiger partial charge on any atom is -0.396 e. The molecule has 96 valence electrons. The van der Waals surface area contributed by atoms with Crippen LogP contribution in [0.2, 0.25) is 0 Å². The zero-order chi connectivity index (χ0) is 13.3. The van der Waals surface area contributed by atoms with E-state index in [-0.39, 0.29) is 17.6 Å². The summed E-state index contributed by atoms with van der Waals surface area (Å²) in [7, 11) is 1.71. The molecule has 0 saturated heterocycles. The van der Waals surface area contributed by atoms with E-state index in [2.05, 4.69) is 15.5 Å². The Morgan fingerprint density at radius 3 is 2.67 bits per heavy atom. The van der Waals surface area contributed by atoms with Crippen LogP contribution in [0.5, 0.6) is 0 Å². The first-order valence-electron chi connectivity index (χ1n) is 5.63. The van der Waals surface area contributed by atoms with Crippen molar-refractivity contribution in [2.45, 2.75) is 19.9 Å². The van der Waals surface area contributed by atoms with Gasteiger partial charge >= 0.3 is 0 Å². The van der Waals surface area contributed by atoms with Crippen LogP contribution in [0.15, 0.2) is 18.5 Å². The largest absolute Gasteiger partial charge is 0.396 e. The maximum absolute atomic E-state index is 11.9. The fourth-order valence-electron chi connectivity index (χ4n) is 1.55. The zero-order valence-corrected chi connectivity index (χ0v) is 10.6. The molecule has 2 rings (SSSR count). The molecule has 7 heteroatoms. The second-order valence-electron chi connectivity index (χ2n) is 4.34. The number of carbonyl (C=O) groups excluding carboxylic acids is 1. The van der Waals surface area contributed by atoms with E-state index in [1.54, 1.807) is 24.0 Å². The van der Waals surface area contributed by atoms with Gasteiger partial charge in [0.1, 0.15) is 0 Å². The lowest BCUT2D eigenvalue weighted by Gasteiger charge is -2.04. The summed E-state index contributed by atoms with van der Waals surface area (Å²) < 4.78 is 3.26. The maximum atomic E-state index is 11.9. The Balaban J connectivity index is 2.13. The lowest BCUT2D eigenvalue weighted by molar-refractivity contribution is 0.102. The van der Waals surface area contributed by atoms with E-state index < -0.39 is 0 Å². The Morgan fingerprint density at radius 2 is 2.17 bits per heavy atom. The van der Waals surface area contributed by atoms with Gasteiger partial charge in [-0.15, -0.1) is 0 Å². The molecule has 0 atom stereocenters. The number of nitrogens with zero attached hydrogens (tertiary/aromatic N) is 4. The fourth-order valence-corrected chi connectivity index (χ4v) is 1.55. The molecule has 2 aromatic heterocycles. The minimum atomic E-state index is -0.359. The van der Waals surface area contributed by atoms with Gasteiger partial charge in [0, 0.05) is 31.5 Å². The number of nitrogen functional groups attached to an aromatic ring is 1. The number of hydrogen-bond donors (Lipinski definition) is 2. The molecular formula is C11H16N6O. The maximum Gasteiger partial charge on any atom is 0.279 e. The average molecular weight is 248 g/mol. The van der Waals surface area contributed by atoms with Gasteiger partial charge < -0.3 is 11.1 Å². The molecule has 0 unspecified atom stereocenters. The Bertz CT molecular complexity index is 568. The van der Waals surface area contributed by atoms with Crippen molar-refractivity contribution in [3.8, 4) is 0 Å². The highest BCUT2D eigenvalue weighted by molar-refractivity contribution is 6.05. The van der Waals surface area contributed by atoms with Gasteiger partial charge in [-0.2, -0.15) is 10.2 Å². The summed E-state index contributed by atoms with van der Waals surface area (Å²) in [6.07, 6.45) is 3.39. The average Bonchev–Trinajstić information content (AvgIpc) is 2.85. The van der Waals surface area contributed by atoms with Crippen LogP contribution in [0.25, 0.3) is 0 Å². The molecule has 0 saturated carbocycles. The predicted molar refractivity (Wildman–Crippen MR) is 68.2 cm³/mol. The van der Waals surface area contributed by atoms with Crippen LogP contribution in [0, 0.1) is 0 Å². The van der Waals surface area contributed by atoms with Crippen LogP contribution < -0.4 is 11.1 Å². The molecule has 0 fully saturated rings. The van der Waals surface area contributed by atoms with Crippen molar-refractivity contribution in [3.05, 3.63) is 24.2 Å². The van der Waals surface area contributed by atoms with Gasteiger partial charge in [-0.1, -0.05) is 0 Å². The Hall–Kier alpha value is -2.31. The molecule has 2 aromatic rings. The summed E-state index contributed by atoms with van der Waals surface area (Å²) in [6, 6.07) is 1.98. The Labute approximate surface area is 105 Å². The highest BCUT2D eigenvalue weighted by Crippen LogP contribution is 2.12. The normalized spacial score (nSPS) is 10.9. The smallest absolute Gasteiger partial charge is 0.279 e. The van der Waals surface area contributed by atoms with Crippen molar-refractivity contribution in [1.29, 1.82) is 0 Å². The molecule has 0 aromatic carbocycles. The number of anilines is 2. The van der Waals surface area contributed by atoms with Crippen molar-refractivity contribution in [3.63, 3.8) is 0 Å².